The van der Waals surface area contributed by atoms with Crippen LogP contribution < -0.4 is 4.72 Å². The van der Waals surface area contributed by atoms with Crippen LogP contribution in [0.1, 0.15) is 0 Å². The van der Waals surface area contributed by atoms with Crippen LogP contribution in [-0.4, -0.2) is 13.4 Å². The number of rotatable bonds is 0. The molecule has 1 atom stereocenters. The van der Waals surface area contributed by atoms with Gasteiger partial charge in [-0.1, -0.05) is 50.7 Å². The zero-order valence-corrected chi connectivity index (χ0v) is 9.00. The summed E-state index contributed by atoms with van der Waals surface area (Å²) >= 11 is 20.6. The van der Waals surface area contributed by atoms with E-state index in [2.05, 4.69) is 20.7 Å². The van der Waals surface area contributed by atoms with Crippen molar-refractivity contribution in [2.45, 2.75) is 7.45 Å². The largest absolute Gasteiger partial charge is 0.295 e. The highest BCUT2D eigenvalue weighted by atomic mass is 79.9. The molecule has 1 fully saturated rings. The Balaban J connectivity index is 2.95. The first-order valence-corrected chi connectivity index (χ1v) is 4.86. The fourth-order valence-electron chi connectivity index (χ4n) is 0.371. The van der Waals surface area contributed by atoms with E-state index >= 15 is 0 Å². The number of carbonyl (C=O) groups is 1. The molecular weight excluding hydrogens is 284 g/mol. The van der Waals surface area contributed by atoms with Crippen LogP contribution in [0.5, 0.6) is 0 Å². The summed E-state index contributed by atoms with van der Waals surface area (Å²) < 4.78 is -0.443. The zero-order valence-electron chi connectivity index (χ0n) is 4.33. The Kier molecular flexibility index (Phi) is 2.40. The van der Waals surface area contributed by atoms with E-state index in [4.69, 9.17) is 34.8 Å². The van der Waals surface area contributed by atoms with Gasteiger partial charge in [0.25, 0.3) is 5.91 Å². The van der Waals surface area contributed by atoms with Gasteiger partial charge in [-0.25, -0.2) is 0 Å². The smallest absolute Gasteiger partial charge is 0.266 e. The van der Waals surface area contributed by atoms with E-state index in [-0.39, 0.29) is 0 Å². The first kappa shape index (κ1) is 9.26. The minimum Gasteiger partial charge on any atom is -0.295 e. The molecule has 1 aliphatic rings. The molecule has 1 rings (SSSR count). The van der Waals surface area contributed by atoms with E-state index in [1.54, 1.807) is 0 Å². The molecule has 0 aromatic carbocycles. The second-order valence-corrected chi connectivity index (χ2v) is 6.63. The topological polar surface area (TPSA) is 29.1 Å². The molecule has 1 amide bonds. The molecule has 0 radical (unpaired) electrons. The minimum atomic E-state index is -1.42. The first-order valence-electron chi connectivity index (χ1n) is 2.12. The summed E-state index contributed by atoms with van der Waals surface area (Å²) in [7, 11) is 0. The Labute approximate surface area is 85.2 Å². The molecule has 0 spiro atoms. The molecule has 1 heterocycles. The quantitative estimate of drug-likeness (QED) is 0.546. The zero-order chi connectivity index (χ0) is 7.99. The van der Waals surface area contributed by atoms with E-state index in [9.17, 15) is 4.79 Å². The monoisotopic (exact) mass is 283 g/mol. The van der Waals surface area contributed by atoms with Crippen LogP contribution in [0.2, 0.25) is 0 Å². The SMILES string of the molecule is O=C1NSC(Cl)(Cl)C1(Cl)Br. The fraction of sp³-hybridized carbons (Fsp3) is 0.667. The summed E-state index contributed by atoms with van der Waals surface area (Å²) in [5.74, 6) is -0.441. The van der Waals surface area contributed by atoms with Gasteiger partial charge in [0.15, 0.2) is 0 Å². The van der Waals surface area contributed by atoms with Gasteiger partial charge >= 0.3 is 0 Å². The lowest BCUT2D eigenvalue weighted by Crippen LogP contribution is -2.35. The highest BCUT2D eigenvalue weighted by Gasteiger charge is 2.59. The van der Waals surface area contributed by atoms with Crippen molar-refractivity contribution in [3.8, 4) is 0 Å². The van der Waals surface area contributed by atoms with Crippen molar-refractivity contribution in [1.82, 2.24) is 4.72 Å². The molecule has 0 aromatic heterocycles. The Hall–Kier alpha value is 1.17. The van der Waals surface area contributed by atoms with Gasteiger partial charge in [-0.15, -0.1) is 0 Å². The van der Waals surface area contributed by atoms with Crippen LogP contribution in [0.3, 0.4) is 0 Å². The number of alkyl halides is 4. The fourth-order valence-corrected chi connectivity index (χ4v) is 2.06. The molecule has 0 aliphatic carbocycles. The molecule has 1 N–H and O–H groups in total. The lowest BCUT2D eigenvalue weighted by Gasteiger charge is -2.18. The van der Waals surface area contributed by atoms with Gasteiger partial charge in [0.2, 0.25) is 7.45 Å². The van der Waals surface area contributed by atoms with Gasteiger partial charge in [0.1, 0.15) is 0 Å². The lowest BCUT2D eigenvalue weighted by atomic mass is 10.4. The van der Waals surface area contributed by atoms with Crippen LogP contribution in [0, 0.1) is 0 Å². The Morgan fingerprint density at radius 1 is 1.50 bits per heavy atom. The van der Waals surface area contributed by atoms with Crippen LogP contribution >= 0.6 is 62.7 Å². The summed E-state index contributed by atoms with van der Waals surface area (Å²) in [5.41, 5.74) is 0. The summed E-state index contributed by atoms with van der Waals surface area (Å²) in [5, 5.41) is 0. The normalized spacial score (nSPS) is 37.8. The number of halogens is 4. The highest BCUT2D eigenvalue weighted by molar-refractivity contribution is 9.11. The number of hydrogen-bond donors (Lipinski definition) is 1. The van der Waals surface area contributed by atoms with Crippen molar-refractivity contribution >= 4 is 68.6 Å². The van der Waals surface area contributed by atoms with E-state index < -0.39 is 13.4 Å². The maximum Gasteiger partial charge on any atom is 0.266 e. The molecule has 0 saturated carbocycles. The Morgan fingerprint density at radius 3 is 2.10 bits per heavy atom. The van der Waals surface area contributed by atoms with Crippen LogP contribution in [0.25, 0.3) is 0 Å². The average molecular weight is 285 g/mol. The summed E-state index contributed by atoms with van der Waals surface area (Å²) in [4.78, 5) is 10.8. The maximum absolute atomic E-state index is 10.8. The standard InChI is InChI=1S/C3HBrCl3NOS/c4-2(5)1(9)8-10-3(2,6)7/h(H,8,9). The van der Waals surface area contributed by atoms with E-state index in [1.165, 1.54) is 0 Å². The maximum atomic E-state index is 10.8. The number of nitrogens with one attached hydrogen (secondary N) is 1. The number of hydrogen-bond acceptors (Lipinski definition) is 2. The molecule has 2 nitrogen and oxygen atoms in total. The molecule has 0 aromatic rings. The molecule has 58 valence electrons. The van der Waals surface area contributed by atoms with Gasteiger partial charge in [0.05, 0.1) is 0 Å². The highest BCUT2D eigenvalue weighted by Crippen LogP contribution is 2.54. The van der Waals surface area contributed by atoms with Crippen molar-refractivity contribution in [2.24, 2.45) is 0 Å². The molecular formula is C3HBrCl3NOS. The van der Waals surface area contributed by atoms with Crippen molar-refractivity contribution in [1.29, 1.82) is 0 Å². The first-order chi connectivity index (χ1) is 4.38. The lowest BCUT2D eigenvalue weighted by molar-refractivity contribution is -0.118. The van der Waals surface area contributed by atoms with Gasteiger partial charge in [-0.2, -0.15) is 0 Å². The van der Waals surface area contributed by atoms with Crippen molar-refractivity contribution < 1.29 is 4.79 Å². The predicted molar refractivity (Wildman–Crippen MR) is 47.7 cm³/mol. The van der Waals surface area contributed by atoms with Crippen molar-refractivity contribution in [3.05, 3.63) is 0 Å². The predicted octanol–water partition coefficient (Wildman–Crippen LogP) is 2.23. The van der Waals surface area contributed by atoms with E-state index in [0.717, 1.165) is 11.9 Å². The number of amides is 1. The van der Waals surface area contributed by atoms with Crippen LogP contribution in [0.15, 0.2) is 0 Å². The van der Waals surface area contributed by atoms with Gasteiger partial charge in [0, 0.05) is 0 Å². The van der Waals surface area contributed by atoms with E-state index in [0.29, 0.717) is 0 Å². The third kappa shape index (κ3) is 1.25. The number of carbonyl (C=O) groups excluding carboxylic acids is 1. The summed E-state index contributed by atoms with van der Waals surface area (Å²) in [6.07, 6.45) is 0. The third-order valence-electron chi connectivity index (χ3n) is 0.923. The van der Waals surface area contributed by atoms with Gasteiger partial charge in [-0.05, 0) is 11.9 Å². The Bertz CT molecular complexity index is 185. The molecule has 1 unspecified atom stereocenters. The van der Waals surface area contributed by atoms with Crippen molar-refractivity contribution in [2.75, 3.05) is 0 Å². The Morgan fingerprint density at radius 2 is 2.00 bits per heavy atom. The molecule has 1 aliphatic heterocycles. The summed E-state index contributed by atoms with van der Waals surface area (Å²) in [6, 6.07) is 0. The molecule has 0 bridgehead atoms. The summed E-state index contributed by atoms with van der Waals surface area (Å²) in [6.45, 7) is 0. The third-order valence-corrected chi connectivity index (χ3v) is 5.24. The van der Waals surface area contributed by atoms with E-state index in [1.807, 2.05) is 0 Å². The van der Waals surface area contributed by atoms with Crippen LogP contribution in [-0.2, 0) is 4.79 Å². The molecule has 7 heteroatoms. The van der Waals surface area contributed by atoms with Crippen LogP contribution in [0.4, 0.5) is 0 Å². The second-order valence-electron chi connectivity index (χ2n) is 1.62. The average Bonchev–Trinajstić information content (AvgIpc) is 1.94. The molecule has 10 heavy (non-hydrogen) atoms. The van der Waals surface area contributed by atoms with Crippen molar-refractivity contribution in [3.63, 3.8) is 0 Å². The molecule has 1 saturated heterocycles. The minimum absolute atomic E-state index is 0.441. The van der Waals surface area contributed by atoms with Gasteiger partial charge in [-0.3, -0.25) is 9.52 Å². The second kappa shape index (κ2) is 2.59. The van der Waals surface area contributed by atoms with Gasteiger partial charge < -0.3 is 0 Å².